The molecule has 0 aliphatic heterocycles. The number of ether oxygens (including phenoxy) is 1. The average molecular weight is 589 g/mol. The van der Waals surface area contributed by atoms with Crippen LogP contribution in [0.3, 0.4) is 0 Å². The van der Waals surface area contributed by atoms with E-state index in [1.54, 1.807) is 30.3 Å². The van der Waals surface area contributed by atoms with E-state index in [0.29, 0.717) is 22.2 Å². The number of nitrogens with zero attached hydrogens (tertiary/aromatic N) is 2. The number of amides is 2. The van der Waals surface area contributed by atoms with Crippen LogP contribution >= 0.6 is 0 Å². The van der Waals surface area contributed by atoms with Crippen molar-refractivity contribution in [3.8, 4) is 5.75 Å². The van der Waals surface area contributed by atoms with Gasteiger partial charge >= 0.3 is 0 Å². The van der Waals surface area contributed by atoms with Crippen LogP contribution in [0.2, 0.25) is 0 Å². The number of carbonyl (C=O) groups excluding carboxylic acids is 2. The third-order valence-electron chi connectivity index (χ3n) is 5.97. The van der Waals surface area contributed by atoms with Crippen LogP contribution in [0.15, 0.2) is 119 Å². The Kier molecular flexibility index (Phi) is 10.4. The first kappa shape index (κ1) is 29.9. The third kappa shape index (κ3) is 8.48. The Bertz CT molecular complexity index is 1620. The summed E-state index contributed by atoms with van der Waals surface area (Å²) in [4.78, 5) is 24.6. The fourth-order valence-corrected chi connectivity index (χ4v) is 5.31. The molecule has 0 unspecified atom stereocenters. The maximum absolute atomic E-state index is 14.6. The van der Waals surface area contributed by atoms with Crippen molar-refractivity contribution >= 4 is 33.7 Å². The number of hydrogen-bond acceptors (Lipinski definition) is 6. The van der Waals surface area contributed by atoms with E-state index in [1.807, 2.05) is 30.3 Å². The van der Waals surface area contributed by atoms with Gasteiger partial charge in [-0.2, -0.15) is 5.10 Å². The first-order valence-electron chi connectivity index (χ1n) is 13.0. The summed E-state index contributed by atoms with van der Waals surface area (Å²) >= 11 is 0. The Morgan fingerprint density at radius 3 is 2.17 bits per heavy atom. The van der Waals surface area contributed by atoms with Crippen molar-refractivity contribution in [3.05, 3.63) is 126 Å². The highest BCUT2D eigenvalue weighted by Crippen LogP contribution is 2.26. The van der Waals surface area contributed by atoms with E-state index in [1.165, 1.54) is 48.7 Å². The van der Waals surface area contributed by atoms with Crippen molar-refractivity contribution in [3.63, 3.8) is 0 Å². The van der Waals surface area contributed by atoms with Crippen LogP contribution in [0, 0.1) is 5.82 Å². The predicted octanol–water partition coefficient (Wildman–Crippen LogP) is 3.91. The number of nitrogens with one attached hydrogen (secondary N) is 2. The van der Waals surface area contributed by atoms with E-state index in [4.69, 9.17) is 4.74 Å². The largest absolute Gasteiger partial charge is 0.484 e. The van der Waals surface area contributed by atoms with Crippen LogP contribution in [-0.4, -0.2) is 46.1 Å². The average Bonchev–Trinajstić information content (AvgIpc) is 3.01. The van der Waals surface area contributed by atoms with E-state index in [2.05, 4.69) is 15.8 Å². The van der Waals surface area contributed by atoms with Gasteiger partial charge in [0.15, 0.2) is 6.61 Å². The number of rotatable bonds is 13. The van der Waals surface area contributed by atoms with Crippen LogP contribution in [0.25, 0.3) is 0 Å². The number of halogens is 1. The minimum atomic E-state index is -4.25. The summed E-state index contributed by atoms with van der Waals surface area (Å²) in [6.45, 7) is -0.331. The molecule has 42 heavy (non-hydrogen) atoms. The first-order chi connectivity index (χ1) is 20.3. The number of carbonyl (C=O) groups is 2. The number of para-hydroxylation sites is 1. The summed E-state index contributed by atoms with van der Waals surface area (Å²) in [5, 5.41) is 6.69. The summed E-state index contributed by atoms with van der Waals surface area (Å²) < 4.78 is 47.3. The molecule has 0 heterocycles. The quantitative estimate of drug-likeness (QED) is 0.182. The van der Waals surface area contributed by atoms with Crippen LogP contribution in [0.4, 0.5) is 10.1 Å². The number of anilines is 1. The molecule has 0 radical (unpaired) electrons. The summed E-state index contributed by atoms with van der Waals surface area (Å²) in [5.41, 5.74) is 3.76. The maximum atomic E-state index is 14.6. The lowest BCUT2D eigenvalue weighted by Crippen LogP contribution is -2.40. The van der Waals surface area contributed by atoms with Crippen molar-refractivity contribution in [2.75, 3.05) is 24.0 Å². The lowest BCUT2D eigenvalue weighted by atomic mass is 10.1. The molecule has 2 N–H and O–H groups in total. The first-order valence-corrected chi connectivity index (χ1v) is 14.4. The highest BCUT2D eigenvalue weighted by molar-refractivity contribution is 7.92. The summed E-state index contributed by atoms with van der Waals surface area (Å²) in [6, 6.07) is 29.2. The van der Waals surface area contributed by atoms with Crippen LogP contribution in [0.5, 0.6) is 5.75 Å². The SMILES string of the molecule is O=C(COc1ccc(/C=N\NC(=O)CN(c2ccccc2F)S(=O)(=O)c2ccccc2)cc1)NCCc1ccccc1. The van der Waals surface area contributed by atoms with Gasteiger partial charge in [0.1, 0.15) is 18.1 Å². The predicted molar refractivity (Wildman–Crippen MR) is 158 cm³/mol. The van der Waals surface area contributed by atoms with Crippen LogP contribution in [0.1, 0.15) is 11.1 Å². The minimum absolute atomic E-state index is 0.0865. The van der Waals surface area contributed by atoms with Crippen LogP contribution < -0.4 is 19.8 Å². The third-order valence-corrected chi connectivity index (χ3v) is 7.75. The molecule has 9 nitrogen and oxygen atoms in total. The lowest BCUT2D eigenvalue weighted by molar-refractivity contribution is -0.123. The second-order valence-corrected chi connectivity index (χ2v) is 10.9. The number of benzene rings is 4. The minimum Gasteiger partial charge on any atom is -0.484 e. The Hall–Kier alpha value is -5.03. The maximum Gasteiger partial charge on any atom is 0.264 e. The molecule has 2 amide bonds. The van der Waals surface area contributed by atoms with E-state index in [9.17, 15) is 22.4 Å². The van der Waals surface area contributed by atoms with Crippen LogP contribution in [-0.2, 0) is 26.0 Å². The molecule has 4 aromatic carbocycles. The standard InChI is InChI=1S/C31H29FN4O5S/c32-28-13-7-8-14-29(28)36(42(39,40)27-11-5-2-6-12-27)22-30(37)35-34-21-25-15-17-26(18-16-25)41-23-31(38)33-20-19-24-9-3-1-4-10-24/h1-18,21H,19-20,22-23H2,(H,33,38)(H,35,37)/b34-21-. The van der Waals surface area contributed by atoms with E-state index in [0.717, 1.165) is 18.1 Å². The molecule has 0 atom stereocenters. The van der Waals surface area contributed by atoms with E-state index >= 15 is 0 Å². The molecular weight excluding hydrogens is 559 g/mol. The van der Waals surface area contributed by atoms with Gasteiger partial charge < -0.3 is 10.1 Å². The van der Waals surface area contributed by atoms with Crippen molar-refractivity contribution in [2.45, 2.75) is 11.3 Å². The molecule has 0 aliphatic carbocycles. The Morgan fingerprint density at radius 1 is 0.833 bits per heavy atom. The van der Waals surface area contributed by atoms with E-state index < -0.39 is 28.3 Å². The molecule has 0 bridgehead atoms. The molecular formula is C31H29FN4O5S. The number of hydrogen-bond donors (Lipinski definition) is 2. The second kappa shape index (κ2) is 14.6. The van der Waals surface area contributed by atoms with Crippen molar-refractivity contribution in [1.82, 2.24) is 10.7 Å². The van der Waals surface area contributed by atoms with Gasteiger partial charge in [-0.15, -0.1) is 0 Å². The smallest absolute Gasteiger partial charge is 0.264 e. The highest BCUT2D eigenvalue weighted by atomic mass is 32.2. The van der Waals surface area contributed by atoms with Gasteiger partial charge in [0, 0.05) is 6.54 Å². The van der Waals surface area contributed by atoms with Gasteiger partial charge in [-0.1, -0.05) is 60.7 Å². The van der Waals surface area contributed by atoms with Crippen molar-refractivity contribution in [1.29, 1.82) is 0 Å². The molecule has 0 saturated heterocycles. The second-order valence-electron chi connectivity index (χ2n) is 9.01. The molecule has 0 saturated carbocycles. The van der Waals surface area contributed by atoms with Crippen molar-refractivity contribution < 1.29 is 27.1 Å². The summed E-state index contributed by atoms with van der Waals surface area (Å²) in [5.74, 6) is -1.33. The van der Waals surface area contributed by atoms with Gasteiger partial charge in [-0.3, -0.25) is 13.9 Å². The zero-order chi connectivity index (χ0) is 29.8. The fourth-order valence-electron chi connectivity index (χ4n) is 3.86. The molecule has 216 valence electrons. The molecule has 0 aromatic heterocycles. The molecule has 0 aliphatic rings. The number of sulfonamides is 1. The highest BCUT2D eigenvalue weighted by Gasteiger charge is 2.28. The molecule has 0 fully saturated rings. The Morgan fingerprint density at radius 2 is 1.48 bits per heavy atom. The molecule has 11 heteroatoms. The molecule has 4 aromatic rings. The van der Waals surface area contributed by atoms with Gasteiger partial charge in [-0.05, 0) is 66.1 Å². The number of hydrazone groups is 1. The molecule has 4 rings (SSSR count). The Balaban J connectivity index is 1.29. The van der Waals surface area contributed by atoms with Gasteiger partial charge in [0.2, 0.25) is 0 Å². The zero-order valence-electron chi connectivity index (χ0n) is 22.5. The van der Waals surface area contributed by atoms with Gasteiger partial charge in [0.25, 0.3) is 21.8 Å². The zero-order valence-corrected chi connectivity index (χ0v) is 23.3. The van der Waals surface area contributed by atoms with E-state index in [-0.39, 0.29) is 23.1 Å². The van der Waals surface area contributed by atoms with Crippen molar-refractivity contribution in [2.24, 2.45) is 5.10 Å². The lowest BCUT2D eigenvalue weighted by Gasteiger charge is -2.24. The fraction of sp³-hybridized carbons (Fsp3) is 0.129. The van der Waals surface area contributed by atoms with Gasteiger partial charge in [-0.25, -0.2) is 18.2 Å². The molecule has 0 spiro atoms. The summed E-state index contributed by atoms with van der Waals surface area (Å²) in [7, 11) is -4.25. The topological polar surface area (TPSA) is 117 Å². The normalized spacial score (nSPS) is 11.2. The van der Waals surface area contributed by atoms with Gasteiger partial charge in [0.05, 0.1) is 16.8 Å². The monoisotopic (exact) mass is 588 g/mol. The summed E-state index contributed by atoms with van der Waals surface area (Å²) in [6.07, 6.45) is 2.08. The Labute approximate surface area is 243 Å².